The van der Waals surface area contributed by atoms with Gasteiger partial charge < -0.3 is 4.46 Å². The normalized spacial score (nSPS) is 8.20. The van der Waals surface area contributed by atoms with Crippen LogP contribution in [0.25, 0.3) is 0 Å². The molecule has 0 aliphatic carbocycles. The summed E-state index contributed by atoms with van der Waals surface area (Å²) in [7, 11) is -0.0792. The zero-order valence-electron chi connectivity index (χ0n) is 2.34. The molecule has 0 aromatic rings. The molecule has 5 heavy (non-hydrogen) atoms. The van der Waals surface area contributed by atoms with Gasteiger partial charge in [0.2, 0.25) is 8.01 Å². The average molecular weight is 124 g/mol. The Morgan fingerprint density at radius 2 is 2.00 bits per heavy atom. The Kier molecular flexibility index (Phi) is 3.07. The van der Waals surface area contributed by atoms with Crippen molar-refractivity contribution in [1.82, 2.24) is 0 Å². The molecule has 0 aliphatic heterocycles. The van der Waals surface area contributed by atoms with Crippen molar-refractivity contribution in [2.45, 2.75) is 0 Å². The van der Waals surface area contributed by atoms with E-state index in [2.05, 4.69) is 0 Å². The van der Waals surface area contributed by atoms with E-state index in [1.54, 1.807) is 0 Å². The van der Waals surface area contributed by atoms with Gasteiger partial charge in [-0.3, -0.25) is 4.57 Å². The van der Waals surface area contributed by atoms with E-state index in [0.717, 1.165) is 0 Å². The van der Waals surface area contributed by atoms with E-state index in [9.17, 15) is 9.03 Å². The van der Waals surface area contributed by atoms with Crippen LogP contribution in [0.2, 0.25) is 0 Å². The SMILES string of the molecule is O=P[Si](=O)P. The van der Waals surface area contributed by atoms with Crippen molar-refractivity contribution in [2.24, 2.45) is 0 Å². The smallest absolute Gasteiger partial charge is 0.368 e. The molecule has 0 spiro atoms. The highest BCUT2D eigenvalue weighted by atomic mass is 31.6. The van der Waals surface area contributed by atoms with Gasteiger partial charge in [-0.05, 0) is 0 Å². The van der Waals surface area contributed by atoms with Crippen LogP contribution in [-0.2, 0) is 9.03 Å². The van der Waals surface area contributed by atoms with E-state index < -0.39 is 8.02 Å². The number of hydrogen-bond acceptors (Lipinski definition) is 2. The summed E-state index contributed by atoms with van der Waals surface area (Å²) in [6.45, 7) is 0. The van der Waals surface area contributed by atoms with Crippen LogP contribution in [0.3, 0.4) is 0 Å². The molecule has 0 saturated carbocycles. The van der Waals surface area contributed by atoms with E-state index in [1.165, 1.54) is 0 Å². The van der Waals surface area contributed by atoms with Gasteiger partial charge in [-0.25, -0.2) is 0 Å². The lowest BCUT2D eigenvalue weighted by Gasteiger charge is -1.51. The average Bonchev–Trinajstić information content (AvgIpc) is 1.38. The molecule has 28 valence electrons. The Morgan fingerprint density at radius 3 is 2.00 bits per heavy atom. The minimum atomic E-state index is -1.79. The van der Waals surface area contributed by atoms with Crippen LogP contribution in [0.4, 0.5) is 0 Å². The molecule has 0 bridgehead atoms. The Morgan fingerprint density at radius 1 is 1.80 bits per heavy atom. The van der Waals surface area contributed by atoms with Gasteiger partial charge in [-0.2, -0.15) is 0 Å². The van der Waals surface area contributed by atoms with Crippen LogP contribution in [0.15, 0.2) is 0 Å². The molecule has 0 radical (unpaired) electrons. The van der Waals surface area contributed by atoms with Gasteiger partial charge in [0.15, 0.2) is 0 Å². The zero-order valence-corrected chi connectivity index (χ0v) is 5.39. The van der Waals surface area contributed by atoms with Gasteiger partial charge >= 0.3 is 8.02 Å². The molecule has 0 aromatic heterocycles. The number of rotatable bonds is 1. The lowest BCUT2D eigenvalue weighted by atomic mass is 16.0. The molecule has 0 amide bonds. The first-order valence-electron chi connectivity index (χ1n) is 0.899. The Balaban J connectivity index is 3.20. The Labute approximate surface area is 34.7 Å². The monoisotopic (exact) mass is 124 g/mol. The molecule has 0 aliphatic rings. The van der Waals surface area contributed by atoms with Crippen molar-refractivity contribution in [3.8, 4) is 0 Å². The first-order valence-corrected chi connectivity index (χ1v) is 5.77. The maximum Gasteiger partial charge on any atom is 0.401 e. The summed E-state index contributed by atoms with van der Waals surface area (Å²) in [5.41, 5.74) is 0. The first-order chi connectivity index (χ1) is 2.27. The fourth-order valence-corrected chi connectivity index (χ4v) is 0. The summed E-state index contributed by atoms with van der Waals surface area (Å²) >= 11 is 0. The quantitative estimate of drug-likeness (QED) is 0.378. The second-order valence-electron chi connectivity index (χ2n) is 0.430. The van der Waals surface area contributed by atoms with E-state index in [-0.39, 0.29) is 8.01 Å². The highest BCUT2D eigenvalue weighted by Crippen LogP contribution is 1.95. The predicted octanol–water partition coefficient (Wildman–Crippen LogP) is 0.569. The van der Waals surface area contributed by atoms with Gasteiger partial charge in [0.1, 0.15) is 0 Å². The molecular formula is H2O2P2Si. The third-order valence-electron chi connectivity index (χ3n) is 0.0900. The molecule has 1 atom stereocenters. The highest BCUT2D eigenvalue weighted by Gasteiger charge is 1.85. The van der Waals surface area contributed by atoms with Crippen LogP contribution < -0.4 is 0 Å². The summed E-state index contributed by atoms with van der Waals surface area (Å²) in [6, 6.07) is 0. The lowest BCUT2D eigenvalue weighted by Crippen LogP contribution is -1.60. The van der Waals surface area contributed by atoms with E-state index in [1.807, 2.05) is 8.79 Å². The van der Waals surface area contributed by atoms with E-state index in [0.29, 0.717) is 0 Å². The third kappa shape index (κ3) is 4.55. The molecule has 0 aromatic carbocycles. The van der Waals surface area contributed by atoms with Crippen LogP contribution >= 0.6 is 16.8 Å². The fraction of sp³-hybridized carbons (Fsp3) is 0. The summed E-state index contributed by atoms with van der Waals surface area (Å²) in [4.78, 5) is 0. The summed E-state index contributed by atoms with van der Waals surface area (Å²) < 4.78 is 18.9. The van der Waals surface area contributed by atoms with Gasteiger partial charge in [-0.15, -0.1) is 0 Å². The summed E-state index contributed by atoms with van der Waals surface area (Å²) in [5, 5.41) is 0. The molecule has 0 N–H and O–H groups in total. The van der Waals surface area contributed by atoms with Gasteiger partial charge in [0, 0.05) is 0 Å². The van der Waals surface area contributed by atoms with Crippen LogP contribution in [0.1, 0.15) is 0 Å². The molecule has 0 heterocycles. The molecule has 0 rings (SSSR count). The second-order valence-corrected chi connectivity index (χ2v) is 6.19. The molecular weight excluding hydrogens is 122 g/mol. The van der Waals surface area contributed by atoms with E-state index >= 15 is 0 Å². The van der Waals surface area contributed by atoms with Gasteiger partial charge in [-0.1, -0.05) is 8.79 Å². The van der Waals surface area contributed by atoms with Crippen molar-refractivity contribution < 1.29 is 9.03 Å². The van der Waals surface area contributed by atoms with Crippen LogP contribution in [0, 0.1) is 0 Å². The largest absolute Gasteiger partial charge is 0.401 e. The minimum absolute atomic E-state index is 0.244. The first kappa shape index (κ1) is 5.55. The predicted molar refractivity (Wildman–Crippen MR) is 23.8 cm³/mol. The highest BCUT2D eigenvalue weighted by molar-refractivity contribution is 7.91. The van der Waals surface area contributed by atoms with Crippen molar-refractivity contribution in [3.05, 3.63) is 0 Å². The number of hydrogen-bond donors (Lipinski definition) is 0. The van der Waals surface area contributed by atoms with Gasteiger partial charge in [0.05, 0.1) is 0 Å². The maximum absolute atomic E-state index is 9.64. The van der Waals surface area contributed by atoms with E-state index in [4.69, 9.17) is 0 Å². The minimum Gasteiger partial charge on any atom is -0.368 e. The fourth-order valence-electron chi connectivity index (χ4n) is 0. The lowest BCUT2D eigenvalue weighted by molar-refractivity contribution is 0.574. The van der Waals surface area contributed by atoms with Crippen LogP contribution in [-0.4, -0.2) is 8.02 Å². The van der Waals surface area contributed by atoms with Crippen molar-refractivity contribution >= 4 is 24.8 Å². The van der Waals surface area contributed by atoms with Crippen molar-refractivity contribution in [2.75, 3.05) is 0 Å². The van der Waals surface area contributed by atoms with Crippen LogP contribution in [0.5, 0.6) is 0 Å². The van der Waals surface area contributed by atoms with Gasteiger partial charge in [0.25, 0.3) is 0 Å². The molecule has 1 unspecified atom stereocenters. The topological polar surface area (TPSA) is 34.1 Å². The molecule has 5 heteroatoms. The molecule has 0 fully saturated rings. The molecule has 0 saturated heterocycles. The zero-order chi connectivity index (χ0) is 4.28. The Bertz CT molecular complexity index is 58.7. The molecule has 2 nitrogen and oxygen atoms in total. The van der Waals surface area contributed by atoms with Crippen molar-refractivity contribution in [1.29, 1.82) is 0 Å². The van der Waals surface area contributed by atoms with Crippen molar-refractivity contribution in [3.63, 3.8) is 0 Å². The third-order valence-corrected chi connectivity index (χ3v) is 1.76. The Hall–Kier alpha value is 0.547. The standard InChI is InChI=1S/H2O2P2Si/c1-4-5(2)3/h3H2. The summed E-state index contributed by atoms with van der Waals surface area (Å²) in [5.74, 6) is 0. The second kappa shape index (κ2) is 2.77. The summed E-state index contributed by atoms with van der Waals surface area (Å²) in [6.07, 6.45) is 0. The maximum atomic E-state index is 9.64.